The average Bonchev–Trinajstić information content (AvgIpc) is 2.90. The molecule has 1 unspecified atom stereocenters. The van der Waals surface area contributed by atoms with Crippen LogP contribution in [0.2, 0.25) is 0 Å². The maximum atomic E-state index is 12.7. The normalized spacial score (nSPS) is 20.4. The number of benzene rings is 2. The number of nitrogens with two attached hydrogens (primary N) is 1. The highest BCUT2D eigenvalue weighted by molar-refractivity contribution is 7.91. The topological polar surface area (TPSA) is 86.5 Å². The molecule has 0 radical (unpaired) electrons. The van der Waals surface area contributed by atoms with Crippen LogP contribution in [0, 0.1) is 6.92 Å². The number of aryl methyl sites for hydroxylation is 1. The van der Waals surface area contributed by atoms with E-state index in [9.17, 15) is 4.55 Å². The van der Waals surface area contributed by atoms with Crippen molar-refractivity contribution in [3.63, 3.8) is 0 Å². The van der Waals surface area contributed by atoms with Crippen LogP contribution in [-0.2, 0) is 22.5 Å². The van der Waals surface area contributed by atoms with Gasteiger partial charge >= 0.3 is 0 Å². The molecule has 2 aliphatic heterocycles. The Morgan fingerprint density at radius 1 is 1.23 bits per heavy atom. The predicted molar refractivity (Wildman–Crippen MR) is 121 cm³/mol. The van der Waals surface area contributed by atoms with E-state index in [0.717, 1.165) is 32.9 Å². The molecule has 2 aliphatic rings. The van der Waals surface area contributed by atoms with Crippen molar-refractivity contribution in [1.82, 2.24) is 4.98 Å². The Bertz CT molecular complexity index is 1090. The van der Waals surface area contributed by atoms with E-state index in [0.29, 0.717) is 38.6 Å². The molecule has 5 rings (SSSR count). The van der Waals surface area contributed by atoms with Gasteiger partial charge in [-0.15, -0.1) is 0 Å². The maximum Gasteiger partial charge on any atom is 0.157 e. The largest absolute Gasteiger partial charge is 0.611 e. The van der Waals surface area contributed by atoms with Gasteiger partial charge in [0, 0.05) is 35.8 Å². The quantitative estimate of drug-likeness (QED) is 0.629. The average molecular weight is 423 g/mol. The molecule has 0 bridgehead atoms. The van der Waals surface area contributed by atoms with Crippen LogP contribution in [-0.4, -0.2) is 47.1 Å². The first-order valence-electron chi connectivity index (χ1n) is 10.2. The summed E-state index contributed by atoms with van der Waals surface area (Å²) >= 11 is -0.987. The summed E-state index contributed by atoms with van der Waals surface area (Å²) in [5, 5.41) is 4.63. The van der Waals surface area contributed by atoms with Crippen molar-refractivity contribution >= 4 is 33.6 Å². The Morgan fingerprint density at radius 3 is 2.87 bits per heavy atom. The molecule has 156 valence electrons. The lowest BCUT2D eigenvalue weighted by molar-refractivity contribution is -0.0461. The summed E-state index contributed by atoms with van der Waals surface area (Å²) in [7, 11) is 0. The van der Waals surface area contributed by atoms with E-state index >= 15 is 0 Å². The number of nitrogens with one attached hydrogen (secondary N) is 1. The molecule has 0 saturated carbocycles. The summed E-state index contributed by atoms with van der Waals surface area (Å²) in [6.07, 6.45) is 0. The van der Waals surface area contributed by atoms with Gasteiger partial charge in [-0.25, -0.2) is 4.98 Å². The molecular weight excluding hydrogens is 396 g/mol. The second kappa shape index (κ2) is 7.74. The minimum absolute atomic E-state index is 0.321. The van der Waals surface area contributed by atoms with Crippen LogP contribution in [0.4, 0.5) is 11.5 Å². The fourth-order valence-electron chi connectivity index (χ4n) is 4.01. The molecule has 1 aromatic heterocycles. The number of pyridine rings is 1. The van der Waals surface area contributed by atoms with Gasteiger partial charge in [0.05, 0.1) is 30.8 Å². The Hall–Kier alpha value is -2.32. The van der Waals surface area contributed by atoms with Crippen LogP contribution >= 0.6 is 0 Å². The molecule has 0 aliphatic carbocycles. The smallest absolute Gasteiger partial charge is 0.157 e. The summed E-state index contributed by atoms with van der Waals surface area (Å²) in [6.45, 7) is 5.27. The molecule has 3 N–H and O–H groups in total. The number of anilines is 2. The van der Waals surface area contributed by atoms with Crippen LogP contribution < -0.4 is 16.0 Å². The van der Waals surface area contributed by atoms with Crippen LogP contribution in [0.1, 0.15) is 11.1 Å². The van der Waals surface area contributed by atoms with Crippen molar-refractivity contribution in [3.8, 4) is 0 Å². The molecule has 3 heterocycles. The van der Waals surface area contributed by atoms with E-state index in [4.69, 9.17) is 15.5 Å². The Morgan fingerprint density at radius 2 is 2.07 bits per heavy atom. The molecule has 1 fully saturated rings. The number of hydrogen-bond acceptors (Lipinski definition) is 6. The van der Waals surface area contributed by atoms with Gasteiger partial charge in [-0.3, -0.25) is 0 Å². The minimum atomic E-state index is -0.987. The third kappa shape index (κ3) is 3.74. The summed E-state index contributed by atoms with van der Waals surface area (Å²) in [6, 6.07) is 16.4. The number of fused-ring (bicyclic) bond motifs is 2. The van der Waals surface area contributed by atoms with E-state index < -0.39 is 11.2 Å². The monoisotopic (exact) mass is 422 g/mol. The molecule has 0 spiro atoms. The van der Waals surface area contributed by atoms with Gasteiger partial charge in [0.2, 0.25) is 0 Å². The summed E-state index contributed by atoms with van der Waals surface area (Å²) < 4.78 is 18.0. The Labute approximate surface area is 179 Å². The Balaban J connectivity index is 1.52. The first-order chi connectivity index (χ1) is 14.5. The molecule has 3 aromatic rings. The lowest BCUT2D eigenvalue weighted by Crippen LogP contribution is -2.61. The fraction of sp³-hybridized carbons (Fsp3) is 0.348. The van der Waals surface area contributed by atoms with E-state index in [2.05, 4.69) is 47.5 Å². The maximum absolute atomic E-state index is 12.7. The van der Waals surface area contributed by atoms with Gasteiger partial charge in [-0.05, 0) is 36.3 Å². The van der Waals surface area contributed by atoms with Crippen molar-refractivity contribution in [1.29, 1.82) is 0 Å². The molecule has 7 heteroatoms. The zero-order valence-corrected chi connectivity index (χ0v) is 17.9. The molecule has 6 nitrogen and oxygen atoms in total. The molecular formula is C23H26N4O2S. The highest BCUT2D eigenvalue weighted by atomic mass is 32.2. The highest BCUT2D eigenvalue weighted by Gasteiger charge is 2.34. The standard InChI is InChI=1S/C23H26N4O2S/c1-16-6-7-19-18(10-16)20(25-13-23(24)14-29-15-23)11-22(26-19)27-8-9-30(28)21-5-3-2-4-17(21)12-27/h2-7,10-11H,8-9,12-15,24H2,1H3,(H,25,26). The third-order valence-corrected chi connectivity index (χ3v) is 7.25. The molecule has 2 aromatic carbocycles. The zero-order valence-electron chi connectivity index (χ0n) is 17.1. The second-order valence-corrected chi connectivity index (χ2v) is 9.88. The number of ether oxygens (including phenoxy) is 1. The van der Waals surface area contributed by atoms with Gasteiger partial charge < -0.3 is 25.2 Å². The zero-order chi connectivity index (χ0) is 20.7. The third-order valence-electron chi connectivity index (χ3n) is 5.81. The van der Waals surface area contributed by atoms with Gasteiger partial charge in [0.25, 0.3) is 0 Å². The van der Waals surface area contributed by atoms with Crippen molar-refractivity contribution in [2.45, 2.75) is 23.9 Å². The summed E-state index contributed by atoms with van der Waals surface area (Å²) in [5.41, 5.74) is 10.3. The SMILES string of the molecule is Cc1ccc2nc(N3CC[S+]([O-])c4ccccc4C3)cc(NCC3(N)COC3)c2c1. The number of nitrogens with zero attached hydrogens (tertiary/aromatic N) is 2. The first-order valence-corrected chi connectivity index (χ1v) is 11.6. The molecule has 1 saturated heterocycles. The second-order valence-electron chi connectivity index (χ2n) is 8.34. The van der Waals surface area contributed by atoms with Crippen LogP contribution in [0.15, 0.2) is 53.4 Å². The van der Waals surface area contributed by atoms with E-state index in [-0.39, 0.29) is 5.54 Å². The van der Waals surface area contributed by atoms with Crippen LogP contribution in [0.25, 0.3) is 10.9 Å². The summed E-state index contributed by atoms with van der Waals surface area (Å²) in [4.78, 5) is 8.11. The van der Waals surface area contributed by atoms with Gasteiger partial charge in [0.1, 0.15) is 11.6 Å². The molecule has 30 heavy (non-hydrogen) atoms. The van der Waals surface area contributed by atoms with Gasteiger partial charge in [0.15, 0.2) is 4.90 Å². The first kappa shape index (κ1) is 19.6. The van der Waals surface area contributed by atoms with Crippen molar-refractivity contribution in [3.05, 3.63) is 59.7 Å². The van der Waals surface area contributed by atoms with E-state index in [1.54, 1.807) is 0 Å². The number of hydrogen-bond donors (Lipinski definition) is 2. The van der Waals surface area contributed by atoms with E-state index in [1.807, 2.05) is 18.2 Å². The molecule has 0 amide bonds. The summed E-state index contributed by atoms with van der Waals surface area (Å²) in [5.74, 6) is 1.48. The van der Waals surface area contributed by atoms with Gasteiger partial charge in [-0.1, -0.05) is 29.8 Å². The van der Waals surface area contributed by atoms with Crippen molar-refractivity contribution in [2.75, 3.05) is 42.3 Å². The van der Waals surface area contributed by atoms with Crippen molar-refractivity contribution < 1.29 is 9.29 Å². The van der Waals surface area contributed by atoms with Crippen LogP contribution in [0.5, 0.6) is 0 Å². The lowest BCUT2D eigenvalue weighted by Gasteiger charge is -2.38. The predicted octanol–water partition coefficient (Wildman–Crippen LogP) is 2.81. The van der Waals surface area contributed by atoms with Crippen molar-refractivity contribution in [2.24, 2.45) is 5.73 Å². The van der Waals surface area contributed by atoms with Crippen LogP contribution in [0.3, 0.4) is 0 Å². The lowest BCUT2D eigenvalue weighted by atomic mass is 9.99. The highest BCUT2D eigenvalue weighted by Crippen LogP contribution is 2.31. The number of rotatable bonds is 4. The van der Waals surface area contributed by atoms with Gasteiger partial charge in [-0.2, -0.15) is 0 Å². The minimum Gasteiger partial charge on any atom is -0.611 e. The number of aromatic nitrogens is 1. The van der Waals surface area contributed by atoms with E-state index in [1.165, 1.54) is 5.56 Å². The fourth-order valence-corrected chi connectivity index (χ4v) is 5.27. The Kier molecular flexibility index (Phi) is 5.06. The molecule has 1 atom stereocenters.